The van der Waals surface area contributed by atoms with E-state index in [9.17, 15) is 9.18 Å². The van der Waals surface area contributed by atoms with Crippen LogP contribution in [0.5, 0.6) is 0 Å². The van der Waals surface area contributed by atoms with Crippen LogP contribution in [0.15, 0.2) is 28.8 Å². The Hall–Kier alpha value is -2.28. The van der Waals surface area contributed by atoms with Gasteiger partial charge >= 0.3 is 0 Å². The van der Waals surface area contributed by atoms with E-state index in [1.165, 1.54) is 12.1 Å². The minimum absolute atomic E-state index is 0.0566. The molecule has 2 aliphatic heterocycles. The van der Waals surface area contributed by atoms with Gasteiger partial charge in [-0.05, 0) is 49.9 Å². The van der Waals surface area contributed by atoms with Crippen LogP contribution < -0.4 is 0 Å². The van der Waals surface area contributed by atoms with Crippen LogP contribution in [-0.4, -0.2) is 47.3 Å². The molecule has 0 aliphatic carbocycles. The Balaban J connectivity index is 1.50. The van der Waals surface area contributed by atoms with E-state index in [0.29, 0.717) is 37.0 Å². The zero-order valence-electron chi connectivity index (χ0n) is 15.5. The molecular weight excluding hydrogens is 349 g/mol. The lowest BCUT2D eigenvalue weighted by molar-refractivity contribution is -0.140. The number of carbonyl (C=O) groups excluding carboxylic acids is 1. The molecule has 1 amide bonds. The summed E-state index contributed by atoms with van der Waals surface area (Å²) < 4.78 is 23.9. The smallest absolute Gasteiger partial charge is 0.257 e. The number of piperidine rings is 1. The summed E-state index contributed by atoms with van der Waals surface area (Å²) in [5, 5.41) is 4.18. The average molecular weight is 373 g/mol. The predicted octanol–water partition coefficient (Wildman–Crippen LogP) is 3.18. The van der Waals surface area contributed by atoms with Crippen molar-refractivity contribution in [3.8, 4) is 11.5 Å². The molecule has 2 aromatic rings. The van der Waals surface area contributed by atoms with Crippen LogP contribution in [0.25, 0.3) is 11.5 Å². The molecule has 1 aromatic heterocycles. The molecule has 2 saturated heterocycles. The Morgan fingerprint density at radius 3 is 2.74 bits per heavy atom. The molecule has 3 heterocycles. The Morgan fingerprint density at radius 2 is 2.00 bits per heavy atom. The number of nitrogens with zero attached hydrogens (tertiary/aromatic N) is 3. The normalized spacial score (nSPS) is 24.1. The molecule has 0 N–H and O–H groups in total. The minimum atomic E-state index is -0.346. The number of benzene rings is 1. The zero-order chi connectivity index (χ0) is 18.9. The molecule has 1 unspecified atom stereocenters. The van der Waals surface area contributed by atoms with Gasteiger partial charge in [-0.25, -0.2) is 4.39 Å². The van der Waals surface area contributed by atoms with Gasteiger partial charge in [0.1, 0.15) is 5.82 Å². The van der Waals surface area contributed by atoms with Crippen LogP contribution in [0.1, 0.15) is 38.4 Å². The van der Waals surface area contributed by atoms with Crippen molar-refractivity contribution in [1.29, 1.82) is 0 Å². The summed E-state index contributed by atoms with van der Waals surface area (Å²) in [6, 6.07) is 5.99. The van der Waals surface area contributed by atoms with E-state index in [2.05, 4.69) is 17.1 Å². The van der Waals surface area contributed by atoms with Crippen molar-refractivity contribution in [1.82, 2.24) is 15.0 Å². The fourth-order valence-corrected chi connectivity index (χ4v) is 3.99. The number of carbonyl (C=O) groups is 1. The first-order chi connectivity index (χ1) is 13.0. The predicted molar refractivity (Wildman–Crippen MR) is 96.4 cm³/mol. The fraction of sp³-hybridized carbons (Fsp3) is 0.550. The van der Waals surface area contributed by atoms with Gasteiger partial charge in [0, 0.05) is 43.2 Å². The lowest BCUT2D eigenvalue weighted by atomic mass is 9.80. The number of amides is 1. The van der Waals surface area contributed by atoms with Gasteiger partial charge in [-0.2, -0.15) is 4.98 Å². The molecule has 6 nitrogen and oxygen atoms in total. The van der Waals surface area contributed by atoms with E-state index in [4.69, 9.17) is 9.26 Å². The van der Waals surface area contributed by atoms with E-state index >= 15 is 0 Å². The summed E-state index contributed by atoms with van der Waals surface area (Å²) in [4.78, 5) is 19.4. The van der Waals surface area contributed by atoms with Gasteiger partial charge in [-0.15, -0.1) is 0 Å². The number of rotatable bonds is 3. The van der Waals surface area contributed by atoms with Crippen molar-refractivity contribution in [2.75, 3.05) is 26.3 Å². The average Bonchev–Trinajstić information content (AvgIpc) is 3.20. The molecule has 2 aliphatic rings. The molecule has 2 fully saturated rings. The Morgan fingerprint density at radius 1 is 1.26 bits per heavy atom. The second kappa shape index (κ2) is 7.38. The lowest BCUT2D eigenvalue weighted by Crippen LogP contribution is -2.50. The van der Waals surface area contributed by atoms with Crippen LogP contribution in [0.4, 0.5) is 4.39 Å². The number of likely N-dealkylation sites (tertiary alicyclic amines) is 1. The topological polar surface area (TPSA) is 68.5 Å². The van der Waals surface area contributed by atoms with Crippen LogP contribution >= 0.6 is 0 Å². The van der Waals surface area contributed by atoms with Crippen molar-refractivity contribution in [3.05, 3.63) is 35.9 Å². The second-order valence-electron chi connectivity index (χ2n) is 7.74. The van der Waals surface area contributed by atoms with Gasteiger partial charge in [0.2, 0.25) is 5.91 Å². The Bertz CT molecular complexity index is 801. The van der Waals surface area contributed by atoms with Gasteiger partial charge in [0.05, 0.1) is 0 Å². The van der Waals surface area contributed by atoms with Crippen molar-refractivity contribution in [3.63, 3.8) is 0 Å². The molecule has 7 heteroatoms. The maximum Gasteiger partial charge on any atom is 0.257 e. The number of aromatic nitrogens is 2. The van der Waals surface area contributed by atoms with Crippen LogP contribution in [-0.2, 0) is 14.9 Å². The highest BCUT2D eigenvalue weighted by Crippen LogP contribution is 2.34. The van der Waals surface area contributed by atoms with Crippen LogP contribution in [0, 0.1) is 11.7 Å². The van der Waals surface area contributed by atoms with Gasteiger partial charge < -0.3 is 14.2 Å². The molecule has 1 aromatic carbocycles. The summed E-state index contributed by atoms with van der Waals surface area (Å²) in [6.07, 6.45) is 3.39. The lowest BCUT2D eigenvalue weighted by Gasteiger charge is -2.40. The standard InChI is InChI=1S/C20H24FN3O3/c1-20(19-22-17(27-23-19)14-3-5-16(21)6-4-14)9-2-10-24(13-20)18(25)15-7-11-26-12-8-15/h3-6,15H,2,7-13H2,1H3. The van der Waals surface area contributed by atoms with Crippen molar-refractivity contribution in [2.24, 2.45) is 5.92 Å². The summed E-state index contributed by atoms with van der Waals surface area (Å²) in [6.45, 7) is 4.76. The fourth-order valence-electron chi connectivity index (χ4n) is 3.99. The maximum atomic E-state index is 13.1. The van der Waals surface area contributed by atoms with Crippen molar-refractivity contribution in [2.45, 2.75) is 38.0 Å². The molecule has 27 heavy (non-hydrogen) atoms. The summed E-state index contributed by atoms with van der Waals surface area (Å²) in [5.41, 5.74) is 0.339. The van der Waals surface area contributed by atoms with Gasteiger partial charge in [-0.1, -0.05) is 12.1 Å². The summed E-state index contributed by atoms with van der Waals surface area (Å²) in [5.74, 6) is 0.943. The molecule has 0 spiro atoms. The monoisotopic (exact) mass is 373 g/mol. The zero-order valence-corrected chi connectivity index (χ0v) is 15.5. The third kappa shape index (κ3) is 3.74. The van der Waals surface area contributed by atoms with E-state index in [1.807, 2.05) is 4.90 Å². The molecule has 1 atom stereocenters. The SMILES string of the molecule is CC1(c2noc(-c3ccc(F)cc3)n2)CCCN(C(=O)C2CCOCC2)C1. The third-order valence-electron chi connectivity index (χ3n) is 5.64. The molecule has 4 rings (SSSR count). The molecule has 0 bridgehead atoms. The second-order valence-corrected chi connectivity index (χ2v) is 7.74. The molecule has 0 saturated carbocycles. The van der Waals surface area contributed by atoms with Gasteiger partial charge in [0.25, 0.3) is 5.89 Å². The Labute approximate surface area is 157 Å². The number of halogens is 1. The van der Waals surface area contributed by atoms with E-state index in [1.54, 1.807) is 12.1 Å². The minimum Gasteiger partial charge on any atom is -0.381 e. The van der Waals surface area contributed by atoms with Crippen molar-refractivity contribution >= 4 is 5.91 Å². The first-order valence-corrected chi connectivity index (χ1v) is 9.52. The van der Waals surface area contributed by atoms with Crippen LogP contribution in [0.2, 0.25) is 0 Å². The molecule has 144 valence electrons. The first-order valence-electron chi connectivity index (χ1n) is 9.52. The number of hydrogen-bond acceptors (Lipinski definition) is 5. The highest BCUT2D eigenvalue weighted by Gasteiger charge is 2.40. The third-order valence-corrected chi connectivity index (χ3v) is 5.64. The number of ether oxygens (including phenoxy) is 1. The summed E-state index contributed by atoms with van der Waals surface area (Å²) in [7, 11) is 0. The first kappa shape index (κ1) is 18.1. The van der Waals surface area contributed by atoms with E-state index < -0.39 is 0 Å². The molecule has 0 radical (unpaired) electrons. The highest BCUT2D eigenvalue weighted by molar-refractivity contribution is 5.79. The number of hydrogen-bond donors (Lipinski definition) is 0. The largest absolute Gasteiger partial charge is 0.381 e. The molecular formula is C20H24FN3O3. The van der Waals surface area contributed by atoms with Crippen molar-refractivity contribution < 1.29 is 18.4 Å². The highest BCUT2D eigenvalue weighted by atomic mass is 19.1. The Kier molecular flexibility index (Phi) is 4.95. The van der Waals surface area contributed by atoms with Gasteiger partial charge in [-0.3, -0.25) is 4.79 Å². The van der Waals surface area contributed by atoms with Gasteiger partial charge in [0.15, 0.2) is 5.82 Å². The maximum absolute atomic E-state index is 13.1. The van der Waals surface area contributed by atoms with E-state index in [-0.39, 0.29) is 23.1 Å². The summed E-state index contributed by atoms with van der Waals surface area (Å²) >= 11 is 0. The quantitative estimate of drug-likeness (QED) is 0.827. The van der Waals surface area contributed by atoms with E-state index in [0.717, 1.165) is 32.2 Å². The van der Waals surface area contributed by atoms with Crippen LogP contribution in [0.3, 0.4) is 0 Å².